The van der Waals surface area contributed by atoms with Gasteiger partial charge in [-0.2, -0.15) is 18.3 Å². The molecule has 0 aliphatic carbocycles. The van der Waals surface area contributed by atoms with Gasteiger partial charge in [-0.3, -0.25) is 14.5 Å². The molecule has 5 aromatic rings. The van der Waals surface area contributed by atoms with Crippen LogP contribution in [0.3, 0.4) is 0 Å². The topological polar surface area (TPSA) is 77.6 Å². The maximum absolute atomic E-state index is 12.9. The summed E-state index contributed by atoms with van der Waals surface area (Å²) >= 11 is 0. The molecular formula is C25H19F3N6O. The van der Waals surface area contributed by atoms with E-state index in [0.717, 1.165) is 15.9 Å². The molecule has 10 heteroatoms. The summed E-state index contributed by atoms with van der Waals surface area (Å²) in [5, 5.41) is 7.40. The Labute approximate surface area is 197 Å². The Bertz CT molecular complexity index is 1520. The lowest BCUT2D eigenvalue weighted by atomic mass is 10.0. The first-order chi connectivity index (χ1) is 16.8. The van der Waals surface area contributed by atoms with Crippen molar-refractivity contribution in [3.8, 4) is 22.4 Å². The van der Waals surface area contributed by atoms with Crippen LogP contribution in [0, 0.1) is 0 Å². The number of imidazole rings is 1. The van der Waals surface area contributed by atoms with E-state index >= 15 is 0 Å². The lowest BCUT2D eigenvalue weighted by Crippen LogP contribution is -2.17. The quantitative estimate of drug-likeness (QED) is 0.373. The van der Waals surface area contributed by atoms with E-state index in [4.69, 9.17) is 0 Å². The molecule has 7 nitrogen and oxygen atoms in total. The first kappa shape index (κ1) is 22.3. The number of alkyl halides is 3. The molecule has 0 bridgehead atoms. The summed E-state index contributed by atoms with van der Waals surface area (Å²) in [5.41, 5.74) is 4.54. The number of pyridine rings is 1. The monoisotopic (exact) mass is 476 g/mol. The smallest absolute Gasteiger partial charge is 0.334 e. The van der Waals surface area contributed by atoms with Gasteiger partial charge in [0.25, 0.3) is 5.91 Å². The zero-order valence-electron chi connectivity index (χ0n) is 18.5. The number of nitrogens with zero attached hydrogens (tertiary/aromatic N) is 5. The summed E-state index contributed by atoms with van der Waals surface area (Å²) in [6, 6.07) is 14.2. The summed E-state index contributed by atoms with van der Waals surface area (Å²) < 4.78 is 40.9. The highest BCUT2D eigenvalue weighted by atomic mass is 19.4. The number of fused-ring (bicyclic) bond motifs is 1. The van der Waals surface area contributed by atoms with Gasteiger partial charge in [0.2, 0.25) is 0 Å². The van der Waals surface area contributed by atoms with Gasteiger partial charge in [0, 0.05) is 36.0 Å². The average molecular weight is 476 g/mol. The Morgan fingerprint density at radius 1 is 1.03 bits per heavy atom. The van der Waals surface area contributed by atoms with Crippen molar-refractivity contribution in [2.75, 3.05) is 5.32 Å². The number of carbonyl (C=O) groups excluding carboxylic acids is 1. The largest absolute Gasteiger partial charge is 0.408 e. The second-order valence-corrected chi connectivity index (χ2v) is 8.02. The molecule has 35 heavy (non-hydrogen) atoms. The van der Waals surface area contributed by atoms with Crippen LogP contribution in [0.15, 0.2) is 79.6 Å². The van der Waals surface area contributed by atoms with Gasteiger partial charge in [0.15, 0.2) is 0 Å². The number of halogens is 3. The van der Waals surface area contributed by atoms with Gasteiger partial charge in [0.05, 0.1) is 35.6 Å². The van der Waals surface area contributed by atoms with E-state index in [9.17, 15) is 18.0 Å². The third-order valence-corrected chi connectivity index (χ3v) is 5.56. The summed E-state index contributed by atoms with van der Waals surface area (Å²) in [6.07, 6.45) is 3.38. The molecule has 3 aromatic heterocycles. The van der Waals surface area contributed by atoms with E-state index in [1.165, 1.54) is 12.4 Å². The van der Waals surface area contributed by atoms with Crippen molar-refractivity contribution in [3.63, 3.8) is 0 Å². The number of nitrogens with one attached hydrogen (secondary N) is 1. The van der Waals surface area contributed by atoms with Crippen LogP contribution in [-0.4, -0.2) is 36.4 Å². The van der Waals surface area contributed by atoms with Crippen LogP contribution in [0.25, 0.3) is 33.3 Å². The predicted octanol–water partition coefficient (Wildman–Crippen LogP) is 5.31. The Morgan fingerprint density at radius 2 is 1.83 bits per heavy atom. The van der Waals surface area contributed by atoms with Crippen molar-refractivity contribution < 1.29 is 18.0 Å². The second kappa shape index (κ2) is 8.71. The number of anilines is 1. The van der Waals surface area contributed by atoms with E-state index in [1.807, 2.05) is 23.7 Å². The summed E-state index contributed by atoms with van der Waals surface area (Å²) in [7, 11) is 1.89. The number of hydrogen-bond acceptors (Lipinski definition) is 4. The van der Waals surface area contributed by atoms with E-state index in [2.05, 4.69) is 20.4 Å². The zero-order valence-corrected chi connectivity index (χ0v) is 18.5. The number of carbonyl (C=O) groups is 1. The van der Waals surface area contributed by atoms with Crippen LogP contribution in [0.1, 0.15) is 10.4 Å². The van der Waals surface area contributed by atoms with Gasteiger partial charge >= 0.3 is 6.18 Å². The lowest BCUT2D eigenvalue weighted by Gasteiger charge is -2.11. The minimum absolute atomic E-state index is 0.306. The first-order valence-corrected chi connectivity index (χ1v) is 10.6. The van der Waals surface area contributed by atoms with Crippen molar-refractivity contribution in [2.45, 2.75) is 12.7 Å². The number of para-hydroxylation sites is 1. The minimum Gasteiger partial charge on any atom is -0.334 e. The molecule has 2 aromatic carbocycles. The van der Waals surface area contributed by atoms with Crippen LogP contribution in [0.2, 0.25) is 0 Å². The van der Waals surface area contributed by atoms with Crippen LogP contribution in [-0.2, 0) is 13.6 Å². The number of amides is 1. The minimum atomic E-state index is -4.36. The molecule has 0 spiro atoms. The SMILES string of the molecule is Cn1cncc1-c1ccc(C(=O)Nc2cccc3c(-c4cnn(CC(F)(F)F)c4)ccnc23)cc1. The van der Waals surface area contributed by atoms with Crippen molar-refractivity contribution in [2.24, 2.45) is 7.05 Å². The molecule has 176 valence electrons. The van der Waals surface area contributed by atoms with Crippen molar-refractivity contribution >= 4 is 22.5 Å². The standard InChI is InChI=1S/C25H19F3N6O/c1-33-15-29-12-22(33)16-5-7-17(8-6-16)24(35)32-21-4-2-3-20-19(9-10-30-23(20)21)18-11-31-34(13-18)14-25(26,27)28/h2-13,15H,14H2,1H3,(H,32,35). The second-order valence-electron chi connectivity index (χ2n) is 8.02. The molecular weight excluding hydrogens is 457 g/mol. The van der Waals surface area contributed by atoms with Crippen molar-refractivity contribution in [1.82, 2.24) is 24.3 Å². The summed E-state index contributed by atoms with van der Waals surface area (Å²) in [6.45, 7) is -1.17. The molecule has 5 rings (SSSR count). The maximum atomic E-state index is 12.9. The molecule has 0 saturated heterocycles. The van der Waals surface area contributed by atoms with E-state index in [1.54, 1.807) is 55.1 Å². The zero-order chi connectivity index (χ0) is 24.6. The highest BCUT2D eigenvalue weighted by molar-refractivity contribution is 6.10. The fourth-order valence-corrected chi connectivity index (χ4v) is 3.92. The molecule has 1 N–H and O–H groups in total. The lowest BCUT2D eigenvalue weighted by molar-refractivity contribution is -0.142. The third-order valence-electron chi connectivity index (χ3n) is 5.56. The van der Waals surface area contributed by atoms with Crippen molar-refractivity contribution in [3.05, 3.63) is 85.2 Å². The van der Waals surface area contributed by atoms with Gasteiger partial charge in [-0.05, 0) is 35.4 Å². The average Bonchev–Trinajstić information content (AvgIpc) is 3.46. The third kappa shape index (κ3) is 4.63. The molecule has 3 heterocycles. The fraction of sp³-hybridized carbons (Fsp3) is 0.120. The van der Waals surface area contributed by atoms with Gasteiger partial charge in [0.1, 0.15) is 6.54 Å². The molecule has 0 aliphatic heterocycles. The molecule has 0 unspecified atom stereocenters. The van der Waals surface area contributed by atoms with Gasteiger partial charge in [-0.25, -0.2) is 4.98 Å². The fourth-order valence-electron chi connectivity index (χ4n) is 3.92. The van der Waals surface area contributed by atoms with Gasteiger partial charge in [-0.1, -0.05) is 24.3 Å². The molecule has 0 aliphatic rings. The normalized spacial score (nSPS) is 11.7. The number of rotatable bonds is 5. The van der Waals surface area contributed by atoms with Gasteiger partial charge < -0.3 is 9.88 Å². The molecule has 0 radical (unpaired) electrons. The molecule has 0 saturated carbocycles. The highest BCUT2D eigenvalue weighted by Crippen LogP contribution is 2.31. The summed E-state index contributed by atoms with van der Waals surface area (Å²) in [5.74, 6) is -0.306. The van der Waals surface area contributed by atoms with Crippen LogP contribution in [0.4, 0.5) is 18.9 Å². The maximum Gasteiger partial charge on any atom is 0.408 e. The van der Waals surface area contributed by atoms with E-state index in [-0.39, 0.29) is 5.91 Å². The van der Waals surface area contributed by atoms with Crippen LogP contribution >= 0.6 is 0 Å². The van der Waals surface area contributed by atoms with Crippen LogP contribution in [0.5, 0.6) is 0 Å². The Kier molecular flexibility index (Phi) is 5.56. The predicted molar refractivity (Wildman–Crippen MR) is 126 cm³/mol. The number of aryl methyl sites for hydroxylation is 1. The molecule has 0 atom stereocenters. The van der Waals surface area contributed by atoms with E-state index < -0.39 is 12.7 Å². The Balaban J connectivity index is 1.42. The van der Waals surface area contributed by atoms with Crippen LogP contribution < -0.4 is 5.32 Å². The number of aromatic nitrogens is 5. The molecule has 1 amide bonds. The summed E-state index contributed by atoms with van der Waals surface area (Å²) in [4.78, 5) is 21.5. The van der Waals surface area contributed by atoms with Gasteiger partial charge in [-0.15, -0.1) is 0 Å². The number of hydrogen-bond donors (Lipinski definition) is 1. The molecule has 0 fully saturated rings. The Morgan fingerprint density at radius 3 is 2.54 bits per heavy atom. The first-order valence-electron chi connectivity index (χ1n) is 10.6. The Hall–Kier alpha value is -4.47. The number of benzene rings is 2. The van der Waals surface area contributed by atoms with Crippen molar-refractivity contribution in [1.29, 1.82) is 0 Å². The van der Waals surface area contributed by atoms with E-state index in [0.29, 0.717) is 33.3 Å². The highest BCUT2D eigenvalue weighted by Gasteiger charge is 2.28.